The molecule has 1 fully saturated rings. The molecule has 2 rings (SSSR count). The largest absolute Gasteiger partial charge is 0.311 e. The van der Waals surface area contributed by atoms with Crippen LogP contribution in [0.15, 0.2) is 18.2 Å². The Bertz CT molecular complexity index is 431. The maximum absolute atomic E-state index is 13.9. The minimum atomic E-state index is -0.505. The highest BCUT2D eigenvalue weighted by molar-refractivity contribution is 5.30. The predicted octanol–water partition coefficient (Wildman–Crippen LogP) is 3.77. The molecule has 0 radical (unpaired) electrons. The van der Waals surface area contributed by atoms with E-state index in [4.69, 9.17) is 0 Å². The summed E-state index contributed by atoms with van der Waals surface area (Å²) in [5.41, 5.74) is 0.524. The van der Waals surface area contributed by atoms with Gasteiger partial charge in [0.1, 0.15) is 11.6 Å². The quantitative estimate of drug-likeness (QED) is 0.864. The minimum Gasteiger partial charge on any atom is -0.311 e. The first-order valence-electron chi connectivity index (χ1n) is 6.53. The molecule has 0 bridgehead atoms. The summed E-state index contributed by atoms with van der Waals surface area (Å²) < 4.78 is 26.9. The van der Waals surface area contributed by atoms with Crippen LogP contribution in [0.2, 0.25) is 0 Å². The van der Waals surface area contributed by atoms with Crippen molar-refractivity contribution in [1.82, 2.24) is 5.32 Å². The minimum absolute atomic E-state index is 0.0130. The van der Waals surface area contributed by atoms with E-state index in [9.17, 15) is 8.78 Å². The maximum Gasteiger partial charge on any atom is 0.129 e. The van der Waals surface area contributed by atoms with Crippen LogP contribution in [0.25, 0.3) is 0 Å². The standard InChI is InChI=1S/C15H21F2N/c1-14(2,3)18-10-15(7-4-8-15)12-6-5-11(16)9-13(12)17/h5-6,9,18H,4,7-8,10H2,1-3H3. The lowest BCUT2D eigenvalue weighted by molar-refractivity contribution is 0.206. The molecule has 1 saturated carbocycles. The number of hydrogen-bond donors (Lipinski definition) is 1. The molecule has 0 aromatic heterocycles. The topological polar surface area (TPSA) is 12.0 Å². The van der Waals surface area contributed by atoms with E-state index >= 15 is 0 Å². The molecule has 1 aromatic rings. The lowest BCUT2D eigenvalue weighted by atomic mass is 9.64. The van der Waals surface area contributed by atoms with Crippen molar-refractivity contribution in [3.63, 3.8) is 0 Å². The van der Waals surface area contributed by atoms with Crippen LogP contribution in [0, 0.1) is 11.6 Å². The number of benzene rings is 1. The monoisotopic (exact) mass is 253 g/mol. The summed E-state index contributed by atoms with van der Waals surface area (Å²) in [6, 6.07) is 3.95. The van der Waals surface area contributed by atoms with Crippen LogP contribution in [-0.4, -0.2) is 12.1 Å². The van der Waals surface area contributed by atoms with Gasteiger partial charge in [0.15, 0.2) is 0 Å². The van der Waals surface area contributed by atoms with Gasteiger partial charge in [-0.1, -0.05) is 12.5 Å². The Balaban J connectivity index is 2.21. The number of hydrogen-bond acceptors (Lipinski definition) is 1. The molecule has 0 unspecified atom stereocenters. The van der Waals surface area contributed by atoms with Crippen molar-refractivity contribution in [3.05, 3.63) is 35.4 Å². The van der Waals surface area contributed by atoms with Gasteiger partial charge in [-0.15, -0.1) is 0 Å². The molecule has 1 aromatic carbocycles. The van der Waals surface area contributed by atoms with Crippen molar-refractivity contribution in [2.75, 3.05) is 6.54 Å². The van der Waals surface area contributed by atoms with Crippen molar-refractivity contribution < 1.29 is 8.78 Å². The summed E-state index contributed by atoms with van der Waals surface area (Å²) >= 11 is 0. The summed E-state index contributed by atoms with van der Waals surface area (Å²) in [7, 11) is 0. The van der Waals surface area contributed by atoms with Gasteiger partial charge in [-0.05, 0) is 45.2 Å². The van der Waals surface area contributed by atoms with Gasteiger partial charge in [0, 0.05) is 23.6 Å². The highest BCUT2D eigenvalue weighted by atomic mass is 19.1. The highest BCUT2D eigenvalue weighted by Crippen LogP contribution is 2.44. The van der Waals surface area contributed by atoms with Crippen LogP contribution in [-0.2, 0) is 5.41 Å². The van der Waals surface area contributed by atoms with E-state index in [1.165, 1.54) is 6.07 Å². The van der Waals surface area contributed by atoms with Gasteiger partial charge >= 0.3 is 0 Å². The summed E-state index contributed by atoms with van der Waals surface area (Å²) in [4.78, 5) is 0. The summed E-state index contributed by atoms with van der Waals surface area (Å²) in [6.07, 6.45) is 3.06. The Morgan fingerprint density at radius 3 is 2.33 bits per heavy atom. The van der Waals surface area contributed by atoms with Crippen LogP contribution in [0.3, 0.4) is 0 Å². The fraction of sp³-hybridized carbons (Fsp3) is 0.600. The molecular weight excluding hydrogens is 232 g/mol. The van der Waals surface area contributed by atoms with Crippen LogP contribution in [0.1, 0.15) is 45.6 Å². The predicted molar refractivity (Wildman–Crippen MR) is 69.6 cm³/mol. The fourth-order valence-electron chi connectivity index (χ4n) is 2.50. The van der Waals surface area contributed by atoms with E-state index in [1.54, 1.807) is 6.07 Å². The number of halogens is 2. The molecule has 1 aliphatic carbocycles. The van der Waals surface area contributed by atoms with E-state index in [1.807, 2.05) is 0 Å². The average Bonchev–Trinajstić information content (AvgIpc) is 2.17. The van der Waals surface area contributed by atoms with Crippen molar-refractivity contribution >= 4 is 0 Å². The number of nitrogens with one attached hydrogen (secondary N) is 1. The zero-order valence-electron chi connectivity index (χ0n) is 11.3. The third-order valence-corrected chi connectivity index (χ3v) is 3.77. The number of rotatable bonds is 3. The maximum atomic E-state index is 13.9. The van der Waals surface area contributed by atoms with E-state index in [2.05, 4.69) is 26.1 Å². The van der Waals surface area contributed by atoms with Crippen LogP contribution >= 0.6 is 0 Å². The second kappa shape index (κ2) is 4.61. The van der Waals surface area contributed by atoms with Gasteiger partial charge in [-0.2, -0.15) is 0 Å². The second-order valence-corrected chi connectivity index (χ2v) is 6.36. The molecule has 0 atom stereocenters. The lowest BCUT2D eigenvalue weighted by Crippen LogP contribution is -2.49. The van der Waals surface area contributed by atoms with Crippen molar-refractivity contribution in [2.24, 2.45) is 0 Å². The molecule has 0 spiro atoms. The van der Waals surface area contributed by atoms with Gasteiger partial charge in [0.2, 0.25) is 0 Å². The second-order valence-electron chi connectivity index (χ2n) is 6.36. The molecule has 18 heavy (non-hydrogen) atoms. The first-order chi connectivity index (χ1) is 8.32. The normalized spacial score (nSPS) is 18.5. The summed E-state index contributed by atoms with van der Waals surface area (Å²) in [5.74, 6) is -0.917. The van der Waals surface area contributed by atoms with Crippen molar-refractivity contribution in [3.8, 4) is 0 Å². The van der Waals surface area contributed by atoms with E-state index in [-0.39, 0.29) is 11.0 Å². The molecule has 100 valence electrons. The molecule has 0 amide bonds. The Morgan fingerprint density at radius 1 is 1.22 bits per heavy atom. The molecule has 0 saturated heterocycles. The molecule has 1 N–H and O–H groups in total. The van der Waals surface area contributed by atoms with Crippen molar-refractivity contribution in [1.29, 1.82) is 0 Å². The smallest absolute Gasteiger partial charge is 0.129 e. The third-order valence-electron chi connectivity index (χ3n) is 3.77. The summed E-state index contributed by atoms with van der Waals surface area (Å²) in [6.45, 7) is 7.04. The molecule has 0 aliphatic heterocycles. The Labute approximate surface area is 108 Å². The average molecular weight is 253 g/mol. The Kier molecular flexibility index (Phi) is 3.45. The van der Waals surface area contributed by atoms with Crippen LogP contribution in [0.4, 0.5) is 8.78 Å². The van der Waals surface area contributed by atoms with Crippen molar-refractivity contribution in [2.45, 2.75) is 51.0 Å². The fourth-order valence-corrected chi connectivity index (χ4v) is 2.50. The highest BCUT2D eigenvalue weighted by Gasteiger charge is 2.40. The van der Waals surface area contributed by atoms with E-state index in [0.717, 1.165) is 31.9 Å². The van der Waals surface area contributed by atoms with E-state index < -0.39 is 11.6 Å². The zero-order chi connectivity index (χ0) is 13.4. The van der Waals surface area contributed by atoms with Gasteiger partial charge < -0.3 is 5.32 Å². The zero-order valence-corrected chi connectivity index (χ0v) is 11.3. The Morgan fingerprint density at radius 2 is 1.89 bits per heavy atom. The summed E-state index contributed by atoms with van der Waals surface area (Å²) in [5, 5.41) is 3.44. The molecule has 1 nitrogen and oxygen atoms in total. The van der Waals surface area contributed by atoms with Gasteiger partial charge in [-0.3, -0.25) is 0 Å². The van der Waals surface area contributed by atoms with Gasteiger partial charge in [0.25, 0.3) is 0 Å². The molecule has 3 heteroatoms. The first-order valence-corrected chi connectivity index (χ1v) is 6.53. The third kappa shape index (κ3) is 2.72. The Hall–Kier alpha value is -0.960. The lowest BCUT2D eigenvalue weighted by Gasteiger charge is -2.44. The first kappa shape index (κ1) is 13.5. The van der Waals surface area contributed by atoms with Crippen LogP contribution in [0.5, 0.6) is 0 Å². The van der Waals surface area contributed by atoms with E-state index in [0.29, 0.717) is 5.56 Å². The molecular formula is C15H21F2N. The van der Waals surface area contributed by atoms with Crippen LogP contribution < -0.4 is 5.32 Å². The van der Waals surface area contributed by atoms with Gasteiger partial charge in [0.05, 0.1) is 0 Å². The van der Waals surface area contributed by atoms with Gasteiger partial charge in [-0.25, -0.2) is 8.78 Å². The molecule has 0 heterocycles. The SMILES string of the molecule is CC(C)(C)NCC1(c2ccc(F)cc2F)CCC1. The molecule has 1 aliphatic rings.